The highest BCUT2D eigenvalue weighted by atomic mass is 19.1. The molecule has 2 amide bonds. The number of benzene rings is 1. The molecule has 1 N–H and O–H groups in total. The lowest BCUT2D eigenvalue weighted by Gasteiger charge is -2.20. The predicted octanol–water partition coefficient (Wildman–Crippen LogP) is 3.90. The summed E-state index contributed by atoms with van der Waals surface area (Å²) in [7, 11) is 0. The topological polar surface area (TPSA) is 67.2 Å². The number of aromatic nitrogens is 2. The van der Waals surface area contributed by atoms with Gasteiger partial charge >= 0.3 is 0 Å². The van der Waals surface area contributed by atoms with Gasteiger partial charge in [0.05, 0.1) is 17.9 Å². The standard InChI is InChI=1S/C21H29FN4O2/c1-6-8-20(28)25(7-2)14-19(27)23-18-13-17(21(3,4)5)24-26(18)16-11-9-15(22)10-12-16/h9-13H,6-8,14H2,1-5H3,(H,23,27). The monoisotopic (exact) mass is 388 g/mol. The van der Waals surface area contributed by atoms with Crippen LogP contribution in [0.3, 0.4) is 0 Å². The Labute approximate surface area is 165 Å². The van der Waals surface area contributed by atoms with Gasteiger partial charge in [0.2, 0.25) is 11.8 Å². The Morgan fingerprint density at radius 1 is 1.18 bits per heavy atom. The molecule has 152 valence electrons. The third-order valence-electron chi connectivity index (χ3n) is 4.35. The van der Waals surface area contributed by atoms with E-state index in [0.717, 1.165) is 12.1 Å². The van der Waals surface area contributed by atoms with E-state index in [0.29, 0.717) is 24.5 Å². The summed E-state index contributed by atoms with van der Waals surface area (Å²) in [6.45, 7) is 10.3. The molecule has 2 aromatic rings. The molecule has 0 fully saturated rings. The van der Waals surface area contributed by atoms with Crippen molar-refractivity contribution in [1.29, 1.82) is 0 Å². The molecule has 7 heteroatoms. The number of halogens is 1. The number of amides is 2. The van der Waals surface area contributed by atoms with Crippen molar-refractivity contribution in [1.82, 2.24) is 14.7 Å². The molecule has 0 aliphatic rings. The first kappa shape index (κ1) is 21.6. The van der Waals surface area contributed by atoms with Crippen LogP contribution in [0.5, 0.6) is 0 Å². The van der Waals surface area contributed by atoms with Crippen LogP contribution in [0.1, 0.15) is 53.2 Å². The number of carbonyl (C=O) groups is 2. The van der Waals surface area contributed by atoms with E-state index in [9.17, 15) is 14.0 Å². The number of nitrogens with one attached hydrogen (secondary N) is 1. The fourth-order valence-electron chi connectivity index (χ4n) is 2.72. The molecule has 0 radical (unpaired) electrons. The number of rotatable bonds is 7. The van der Waals surface area contributed by atoms with Crippen LogP contribution in [0.4, 0.5) is 10.2 Å². The molecule has 1 aromatic heterocycles. The second-order valence-corrected chi connectivity index (χ2v) is 7.76. The fraction of sp³-hybridized carbons (Fsp3) is 0.476. The van der Waals surface area contributed by atoms with Crippen LogP contribution in [-0.2, 0) is 15.0 Å². The first-order valence-electron chi connectivity index (χ1n) is 9.59. The minimum atomic E-state index is -0.342. The average molecular weight is 388 g/mol. The van der Waals surface area contributed by atoms with Crippen molar-refractivity contribution in [2.24, 2.45) is 0 Å². The van der Waals surface area contributed by atoms with E-state index in [1.54, 1.807) is 16.8 Å². The van der Waals surface area contributed by atoms with Crippen LogP contribution in [-0.4, -0.2) is 39.6 Å². The quantitative estimate of drug-likeness (QED) is 0.782. The number of hydrogen-bond acceptors (Lipinski definition) is 3. The number of nitrogens with zero attached hydrogens (tertiary/aromatic N) is 3. The zero-order valence-corrected chi connectivity index (χ0v) is 17.3. The molecule has 28 heavy (non-hydrogen) atoms. The zero-order valence-electron chi connectivity index (χ0n) is 17.3. The highest BCUT2D eigenvalue weighted by Gasteiger charge is 2.22. The normalized spacial score (nSPS) is 11.4. The summed E-state index contributed by atoms with van der Waals surface area (Å²) < 4.78 is 14.9. The largest absolute Gasteiger partial charge is 0.334 e. The van der Waals surface area contributed by atoms with Gasteiger partial charge in [-0.2, -0.15) is 5.10 Å². The molecule has 0 aliphatic carbocycles. The fourth-order valence-corrected chi connectivity index (χ4v) is 2.72. The Hall–Kier alpha value is -2.70. The number of hydrogen-bond donors (Lipinski definition) is 1. The molecule has 0 bridgehead atoms. The molecular formula is C21H29FN4O2. The summed E-state index contributed by atoms with van der Waals surface area (Å²) in [6, 6.07) is 7.72. The van der Waals surface area contributed by atoms with Crippen LogP contribution < -0.4 is 5.32 Å². The van der Waals surface area contributed by atoms with Crippen molar-refractivity contribution in [2.75, 3.05) is 18.4 Å². The molecule has 0 aliphatic heterocycles. The second kappa shape index (κ2) is 8.99. The van der Waals surface area contributed by atoms with E-state index in [1.165, 1.54) is 17.0 Å². The van der Waals surface area contributed by atoms with Gasteiger partial charge in [-0.3, -0.25) is 9.59 Å². The summed E-state index contributed by atoms with van der Waals surface area (Å²) >= 11 is 0. The number of anilines is 1. The van der Waals surface area contributed by atoms with E-state index in [4.69, 9.17) is 0 Å². The first-order valence-corrected chi connectivity index (χ1v) is 9.59. The maximum absolute atomic E-state index is 13.3. The molecule has 6 nitrogen and oxygen atoms in total. The van der Waals surface area contributed by atoms with Crippen LogP contribution in [0, 0.1) is 5.82 Å². The maximum Gasteiger partial charge on any atom is 0.245 e. The summed E-state index contributed by atoms with van der Waals surface area (Å²) in [6.07, 6.45) is 1.16. The third kappa shape index (κ3) is 5.41. The number of carbonyl (C=O) groups excluding carboxylic acids is 2. The van der Waals surface area contributed by atoms with Gasteiger partial charge in [0.15, 0.2) is 0 Å². The van der Waals surface area contributed by atoms with Crippen molar-refractivity contribution < 1.29 is 14.0 Å². The Balaban J connectivity index is 2.28. The first-order chi connectivity index (χ1) is 13.2. The van der Waals surface area contributed by atoms with Crippen molar-refractivity contribution in [3.05, 3.63) is 41.8 Å². The predicted molar refractivity (Wildman–Crippen MR) is 108 cm³/mol. The van der Waals surface area contributed by atoms with E-state index in [-0.39, 0.29) is 29.6 Å². The van der Waals surface area contributed by atoms with Gasteiger partial charge in [-0.1, -0.05) is 27.7 Å². The SMILES string of the molecule is CCCC(=O)N(CC)CC(=O)Nc1cc(C(C)(C)C)nn1-c1ccc(F)cc1. The van der Waals surface area contributed by atoms with Gasteiger partial charge in [0, 0.05) is 24.4 Å². The lowest BCUT2D eigenvalue weighted by atomic mass is 9.92. The Bertz CT molecular complexity index is 822. The van der Waals surface area contributed by atoms with Crippen molar-refractivity contribution in [3.63, 3.8) is 0 Å². The van der Waals surface area contributed by atoms with Gasteiger partial charge in [-0.05, 0) is 37.6 Å². The van der Waals surface area contributed by atoms with Gasteiger partial charge in [0.25, 0.3) is 0 Å². The van der Waals surface area contributed by atoms with E-state index in [2.05, 4.69) is 10.4 Å². The van der Waals surface area contributed by atoms with Crippen LogP contribution >= 0.6 is 0 Å². The van der Waals surface area contributed by atoms with Crippen LogP contribution in [0.15, 0.2) is 30.3 Å². The van der Waals surface area contributed by atoms with Crippen LogP contribution in [0.25, 0.3) is 5.69 Å². The van der Waals surface area contributed by atoms with Crippen molar-refractivity contribution in [3.8, 4) is 5.69 Å². The van der Waals surface area contributed by atoms with E-state index in [1.807, 2.05) is 40.7 Å². The molecule has 0 saturated carbocycles. The zero-order chi connectivity index (χ0) is 20.9. The molecule has 2 rings (SSSR count). The molecular weight excluding hydrogens is 359 g/mol. The third-order valence-corrected chi connectivity index (χ3v) is 4.35. The summed E-state index contributed by atoms with van der Waals surface area (Å²) in [4.78, 5) is 26.2. The summed E-state index contributed by atoms with van der Waals surface area (Å²) in [5.74, 6) is -0.191. The minimum Gasteiger partial charge on any atom is -0.334 e. The minimum absolute atomic E-state index is 0.0191. The van der Waals surface area contributed by atoms with Gasteiger partial charge in [-0.25, -0.2) is 9.07 Å². The molecule has 0 atom stereocenters. The maximum atomic E-state index is 13.3. The molecule has 1 aromatic carbocycles. The molecule has 1 heterocycles. The highest BCUT2D eigenvalue weighted by molar-refractivity contribution is 5.94. The molecule has 0 saturated heterocycles. The van der Waals surface area contributed by atoms with Gasteiger partial charge < -0.3 is 10.2 Å². The Morgan fingerprint density at radius 2 is 1.82 bits per heavy atom. The smallest absolute Gasteiger partial charge is 0.245 e. The van der Waals surface area contributed by atoms with Crippen LogP contribution in [0.2, 0.25) is 0 Å². The second-order valence-electron chi connectivity index (χ2n) is 7.76. The number of likely N-dealkylation sites (N-methyl/N-ethyl adjacent to an activating group) is 1. The van der Waals surface area contributed by atoms with Crippen molar-refractivity contribution in [2.45, 2.75) is 52.9 Å². The molecule has 0 unspecified atom stereocenters. The van der Waals surface area contributed by atoms with E-state index < -0.39 is 0 Å². The summed E-state index contributed by atoms with van der Waals surface area (Å²) in [5, 5.41) is 7.45. The Kier molecular flexibility index (Phi) is 6.94. The highest BCUT2D eigenvalue weighted by Crippen LogP contribution is 2.26. The van der Waals surface area contributed by atoms with E-state index >= 15 is 0 Å². The average Bonchev–Trinajstić information content (AvgIpc) is 3.04. The van der Waals surface area contributed by atoms with Gasteiger partial charge in [0.1, 0.15) is 11.6 Å². The van der Waals surface area contributed by atoms with Gasteiger partial charge in [-0.15, -0.1) is 0 Å². The Morgan fingerprint density at radius 3 is 2.36 bits per heavy atom. The van der Waals surface area contributed by atoms with Crippen molar-refractivity contribution >= 4 is 17.6 Å². The summed E-state index contributed by atoms with van der Waals surface area (Å²) in [5.41, 5.74) is 1.21. The lowest BCUT2D eigenvalue weighted by Crippen LogP contribution is -2.37. The molecule has 0 spiro atoms. The lowest BCUT2D eigenvalue weighted by molar-refractivity contribution is -0.134.